The third kappa shape index (κ3) is 18.8. The summed E-state index contributed by atoms with van der Waals surface area (Å²) in [5, 5.41) is 44.0. The second kappa shape index (κ2) is 28.7. The molecule has 0 spiro atoms. The fourth-order valence-electron chi connectivity index (χ4n) is 5.93. The molecular formula is C48H28F32O12-4. The Morgan fingerprint density at radius 3 is 0.880 bits per heavy atom. The smallest absolute Gasteiger partial charge is 0.416 e. The van der Waals surface area contributed by atoms with Crippen LogP contribution in [0.1, 0.15) is 44.5 Å². The molecule has 0 saturated heterocycles. The van der Waals surface area contributed by atoms with E-state index in [1.165, 1.54) is 49.4 Å². The average molecular weight is 1400 g/mol. The first-order valence-corrected chi connectivity index (χ1v) is 22.7. The van der Waals surface area contributed by atoms with Gasteiger partial charge < -0.3 is 39.4 Å². The number of rotatable bonds is 12. The van der Waals surface area contributed by atoms with Crippen LogP contribution in [0.25, 0.3) is 0 Å². The van der Waals surface area contributed by atoms with Crippen molar-refractivity contribution in [2.75, 3.05) is 0 Å². The van der Waals surface area contributed by atoms with E-state index < -0.39 is 174 Å². The quantitative estimate of drug-likeness (QED) is 0.0428. The molecule has 0 N–H and O–H groups in total. The summed E-state index contributed by atoms with van der Waals surface area (Å²) in [6.45, 7) is -0.864. The number of carbonyl (C=O) groups is 4. The molecule has 0 unspecified atom stereocenters. The molecule has 12 nitrogen and oxygen atoms in total. The normalized spacial score (nSPS) is 13.3. The van der Waals surface area contributed by atoms with Gasteiger partial charge in [-0.1, -0.05) is 71.3 Å². The Balaban J connectivity index is 0.000000615. The molecule has 0 saturated carbocycles. The van der Waals surface area contributed by atoms with Gasteiger partial charge in [0, 0.05) is 0 Å². The molecule has 0 heterocycles. The van der Waals surface area contributed by atoms with Gasteiger partial charge in [-0.25, -0.2) is 22.0 Å². The van der Waals surface area contributed by atoms with Gasteiger partial charge in [0.25, 0.3) is 0 Å². The van der Waals surface area contributed by atoms with Crippen LogP contribution in [0.4, 0.5) is 140 Å². The number of alkyl halides is 27. The van der Waals surface area contributed by atoms with E-state index in [0.717, 1.165) is 11.6 Å². The van der Waals surface area contributed by atoms with Crippen LogP contribution in [-0.4, -0.2) is 95.7 Å². The minimum absolute atomic E-state index is 0.0408. The van der Waals surface area contributed by atoms with Crippen LogP contribution in [0.5, 0.6) is 0 Å². The van der Waals surface area contributed by atoms with Crippen molar-refractivity contribution >= 4 is 23.9 Å². The molecule has 0 aliphatic heterocycles. The predicted molar refractivity (Wildman–Crippen MR) is 223 cm³/mol. The summed E-state index contributed by atoms with van der Waals surface area (Å²) in [6, 6.07) is 13.5. The Morgan fingerprint density at radius 2 is 0.587 bits per heavy atom. The van der Waals surface area contributed by atoms with Crippen LogP contribution in [-0.2, 0) is 70.7 Å². The molecule has 0 amide bonds. The molecule has 0 atom stereocenters. The molecule has 4 rings (SSSR count). The summed E-state index contributed by atoms with van der Waals surface area (Å²) in [4.78, 5) is 44.1. The molecule has 4 aromatic carbocycles. The average Bonchev–Trinajstić information content (AvgIpc) is 0.781. The monoisotopic (exact) mass is 1400 g/mol. The van der Waals surface area contributed by atoms with Crippen LogP contribution >= 0.6 is 0 Å². The van der Waals surface area contributed by atoms with Gasteiger partial charge in [-0.05, 0) is 49.6 Å². The molecule has 4 aromatic rings. The van der Waals surface area contributed by atoms with Crippen molar-refractivity contribution in [1.29, 1.82) is 0 Å². The van der Waals surface area contributed by atoms with E-state index in [1.54, 1.807) is 19.9 Å². The van der Waals surface area contributed by atoms with Gasteiger partial charge in [-0.15, -0.1) is 0 Å². The number of halogens is 32. The van der Waals surface area contributed by atoms with Crippen molar-refractivity contribution in [3.8, 4) is 0 Å². The van der Waals surface area contributed by atoms with Crippen molar-refractivity contribution in [3.63, 3.8) is 0 Å². The van der Waals surface area contributed by atoms with Gasteiger partial charge in [0.05, 0.1) is 11.1 Å². The molecule has 0 fully saturated rings. The van der Waals surface area contributed by atoms with E-state index in [2.05, 4.69) is 18.9 Å². The lowest BCUT2D eigenvalue weighted by Crippen LogP contribution is -2.71. The van der Waals surface area contributed by atoms with Gasteiger partial charge in [0.15, 0.2) is 45.7 Å². The van der Waals surface area contributed by atoms with Gasteiger partial charge in [-0.3, -0.25) is 19.2 Å². The van der Waals surface area contributed by atoms with E-state index in [-0.39, 0.29) is 16.7 Å². The van der Waals surface area contributed by atoms with Crippen molar-refractivity contribution < 1.29 is 199 Å². The van der Waals surface area contributed by atoms with E-state index in [9.17, 15) is 180 Å². The Bertz CT molecular complexity index is 3120. The molecule has 0 aliphatic rings. The Morgan fingerprint density at radius 1 is 0.315 bits per heavy atom. The molecule has 0 aromatic heterocycles. The van der Waals surface area contributed by atoms with Crippen molar-refractivity contribution in [1.82, 2.24) is 0 Å². The number of carbonyl (C=O) groups excluding carboxylic acids is 4. The molecule has 0 aliphatic carbocycles. The molecule has 92 heavy (non-hydrogen) atoms. The fourth-order valence-corrected chi connectivity index (χ4v) is 5.93. The first-order chi connectivity index (χ1) is 40.9. The van der Waals surface area contributed by atoms with Crippen LogP contribution in [0.2, 0.25) is 0 Å². The zero-order chi connectivity index (χ0) is 72.7. The Hall–Kier alpha value is -7.64. The lowest BCUT2D eigenvalue weighted by molar-refractivity contribution is -0.574. The molecule has 0 radical (unpaired) electrons. The standard InChI is InChI=1S/C13H8F9O3.2C12H9F6O3.C11H2F11O3/c1-6-2-7(4-8(3-6)11(14,15)16)5-25-9(23)10(24,12(17,18)19)13(20,21)22;1-7-2-4-8(5-3-7)6-21-9(19)10(20,11(13,14)15)12(16,17)18;1-7-3-2-4-8(5-7)6-21-9(19)10(20,11(13,14)15)12(16,17)18;12-3-2(4(13)6(15)7(16)5(3)14)1-25-8(23)9(24,10(17,18)19)11(20,21)22/h2-4H,5H2,1H3;2*2-5H,6H2,1H3;1H2/q4*-1. The number of benzene rings is 4. The minimum Gasteiger partial charge on any atom is -0.828 e. The Labute approximate surface area is 488 Å². The first kappa shape index (κ1) is 82.4. The molecule has 520 valence electrons. The number of ether oxygens (including phenoxy) is 4. The number of hydrogen-bond donors (Lipinski definition) is 0. The summed E-state index contributed by atoms with van der Waals surface area (Å²) in [6.07, 6.45) is -56.9. The van der Waals surface area contributed by atoms with E-state index in [4.69, 9.17) is 0 Å². The molecule has 44 heteroatoms. The van der Waals surface area contributed by atoms with Crippen molar-refractivity contribution in [2.45, 2.75) is 125 Å². The van der Waals surface area contributed by atoms with Crippen molar-refractivity contribution in [3.05, 3.63) is 140 Å². The Kier molecular flexibility index (Phi) is 25.7. The predicted octanol–water partition coefficient (Wildman–Crippen LogP) is 10.5. The van der Waals surface area contributed by atoms with Gasteiger partial charge in [-0.2, -0.15) is 119 Å². The van der Waals surface area contributed by atoms with Gasteiger partial charge >= 0.3 is 79.5 Å². The highest BCUT2D eigenvalue weighted by Gasteiger charge is 2.71. The van der Waals surface area contributed by atoms with Crippen LogP contribution in [0.15, 0.2) is 66.7 Å². The second-order valence-corrected chi connectivity index (χ2v) is 17.7. The van der Waals surface area contributed by atoms with Crippen LogP contribution in [0, 0.1) is 49.9 Å². The number of esters is 4. The van der Waals surface area contributed by atoms with Gasteiger partial charge in [0.2, 0.25) is 5.82 Å². The summed E-state index contributed by atoms with van der Waals surface area (Å²) in [5.41, 5.74) is -26.1. The third-order valence-corrected chi connectivity index (χ3v) is 10.8. The maximum absolute atomic E-state index is 13.2. The maximum Gasteiger partial charge on any atom is 0.416 e. The maximum atomic E-state index is 13.2. The summed E-state index contributed by atoms with van der Waals surface area (Å²) >= 11 is 0. The zero-order valence-electron chi connectivity index (χ0n) is 44.2. The highest BCUT2D eigenvalue weighted by Crippen LogP contribution is 2.46. The number of aryl methyl sites for hydroxylation is 3. The minimum atomic E-state index is -6.77. The first-order valence-electron chi connectivity index (χ1n) is 22.7. The highest BCUT2D eigenvalue weighted by molar-refractivity contribution is 5.82. The second-order valence-electron chi connectivity index (χ2n) is 17.7. The number of hydrogen-bond acceptors (Lipinski definition) is 12. The lowest BCUT2D eigenvalue weighted by Gasteiger charge is -2.40. The van der Waals surface area contributed by atoms with Crippen molar-refractivity contribution in [2.24, 2.45) is 0 Å². The SMILES string of the molecule is Cc1cc(COC(=O)C([O-])(C(F)(F)F)C(F)(F)F)cc(C(F)(F)F)c1.Cc1ccc(COC(=O)C([O-])(C(F)(F)F)C(F)(F)F)cc1.Cc1cccc(COC(=O)C([O-])(C(F)(F)F)C(F)(F)F)c1.O=C(OCc1c(F)c(F)c(F)c(F)c1F)C([O-])(C(F)(F)F)C(F)(F)F. The summed E-state index contributed by atoms with van der Waals surface area (Å²) in [7, 11) is 0. The lowest BCUT2D eigenvalue weighted by atomic mass is 10.0. The van der Waals surface area contributed by atoms with Gasteiger partial charge in [0.1, 0.15) is 26.4 Å². The third-order valence-electron chi connectivity index (χ3n) is 10.8. The fraction of sp³-hybridized carbons (Fsp3) is 0.417. The molecule has 0 bridgehead atoms. The summed E-state index contributed by atoms with van der Waals surface area (Å²) < 4.78 is 413. The van der Waals surface area contributed by atoms with Crippen LogP contribution in [0.3, 0.4) is 0 Å². The zero-order valence-corrected chi connectivity index (χ0v) is 44.2. The molecular weight excluding hydrogens is 1380 g/mol. The highest BCUT2D eigenvalue weighted by atomic mass is 19.5. The summed E-state index contributed by atoms with van der Waals surface area (Å²) in [5.74, 6) is -25.8. The topological polar surface area (TPSA) is 197 Å². The van der Waals surface area contributed by atoms with E-state index in [0.29, 0.717) is 17.7 Å². The largest absolute Gasteiger partial charge is 0.828 e. The van der Waals surface area contributed by atoms with Crippen LogP contribution < -0.4 is 20.4 Å². The van der Waals surface area contributed by atoms with E-state index in [1.807, 2.05) is 0 Å². The van der Waals surface area contributed by atoms with E-state index >= 15 is 0 Å².